The lowest BCUT2D eigenvalue weighted by atomic mass is 10.1. The second-order valence-electron chi connectivity index (χ2n) is 4.96. The average molecular weight is 309 g/mol. The summed E-state index contributed by atoms with van der Waals surface area (Å²) in [6.07, 6.45) is 1.55. The van der Waals surface area contributed by atoms with Gasteiger partial charge in [-0.15, -0.1) is 0 Å². The van der Waals surface area contributed by atoms with Crippen LogP contribution < -0.4 is 4.90 Å². The minimum atomic E-state index is -0.496. The Hall–Kier alpha value is -1.96. The summed E-state index contributed by atoms with van der Waals surface area (Å²) < 4.78 is 0. The van der Waals surface area contributed by atoms with Gasteiger partial charge < -0.3 is 0 Å². The number of nitrogens with zero attached hydrogens (tertiary/aromatic N) is 3. The Kier molecular flexibility index (Phi) is 4.56. The number of aromatic nitrogens is 1. The van der Waals surface area contributed by atoms with Crippen LogP contribution in [0.15, 0.2) is 12.3 Å². The second kappa shape index (κ2) is 6.21. The number of rotatable bonds is 4. The number of hydrogen-bond donors (Lipinski definition) is 0. The van der Waals surface area contributed by atoms with E-state index in [0.29, 0.717) is 30.1 Å². The van der Waals surface area contributed by atoms with Gasteiger partial charge in [0, 0.05) is 31.2 Å². The molecule has 1 aliphatic rings. The minimum absolute atomic E-state index is 0.0326. The fourth-order valence-electron chi connectivity index (χ4n) is 2.22. The quantitative estimate of drug-likeness (QED) is 0.623. The Labute approximate surface area is 125 Å². The number of hydrogen-bond acceptors (Lipinski definition) is 6. The number of carbonyl (C=O) groups excluding carboxylic acids is 2. The summed E-state index contributed by atoms with van der Waals surface area (Å²) in [4.78, 5) is 38.8. The van der Waals surface area contributed by atoms with Crippen LogP contribution in [-0.4, -0.2) is 33.2 Å². The zero-order valence-electron chi connectivity index (χ0n) is 11.7. The molecule has 1 aromatic heterocycles. The highest BCUT2D eigenvalue weighted by atomic mass is 32.2. The van der Waals surface area contributed by atoms with Crippen LogP contribution in [0.1, 0.15) is 18.9 Å². The van der Waals surface area contributed by atoms with Gasteiger partial charge in [-0.25, -0.2) is 4.98 Å². The molecule has 0 N–H and O–H groups in total. The molecule has 7 nitrogen and oxygen atoms in total. The Balaban J connectivity index is 2.12. The average Bonchev–Trinajstić information content (AvgIpc) is 2.77. The van der Waals surface area contributed by atoms with Gasteiger partial charge in [0.15, 0.2) is 5.12 Å². The third kappa shape index (κ3) is 3.57. The van der Waals surface area contributed by atoms with Crippen LogP contribution in [0, 0.1) is 23.0 Å². The maximum atomic E-state index is 12.0. The number of carbonyl (C=O) groups is 2. The number of anilines is 1. The molecule has 1 fully saturated rings. The highest BCUT2D eigenvalue weighted by molar-refractivity contribution is 8.13. The molecular formula is C13H15N3O4S. The van der Waals surface area contributed by atoms with Crippen molar-refractivity contribution in [3.8, 4) is 0 Å². The number of pyridine rings is 1. The van der Waals surface area contributed by atoms with E-state index in [1.807, 2.05) is 0 Å². The standard InChI is InChI=1S/C13H15N3O4S/c1-8-3-12(14-5-11(8)16(19)20)15-6-10(4-13(15)18)7-21-9(2)17/h3,5,10H,4,6-7H2,1-2H3. The van der Waals surface area contributed by atoms with Crippen LogP contribution in [0.4, 0.5) is 11.5 Å². The first kappa shape index (κ1) is 15.4. The number of aryl methyl sites for hydroxylation is 1. The van der Waals surface area contributed by atoms with Crippen molar-refractivity contribution in [2.45, 2.75) is 20.3 Å². The largest absolute Gasteiger partial charge is 0.296 e. The zero-order chi connectivity index (χ0) is 15.6. The zero-order valence-corrected chi connectivity index (χ0v) is 12.6. The predicted octanol–water partition coefficient (Wildman–Crippen LogP) is 1.93. The number of amides is 1. The van der Waals surface area contributed by atoms with Gasteiger partial charge in [0.1, 0.15) is 12.0 Å². The van der Waals surface area contributed by atoms with Crippen LogP contribution in [0.2, 0.25) is 0 Å². The van der Waals surface area contributed by atoms with E-state index in [9.17, 15) is 19.7 Å². The molecule has 2 rings (SSSR count). The second-order valence-corrected chi connectivity index (χ2v) is 6.16. The van der Waals surface area contributed by atoms with Gasteiger partial charge in [-0.05, 0) is 18.9 Å². The van der Waals surface area contributed by atoms with Crippen LogP contribution in [0.25, 0.3) is 0 Å². The van der Waals surface area contributed by atoms with Gasteiger partial charge >= 0.3 is 0 Å². The van der Waals surface area contributed by atoms with E-state index in [0.717, 1.165) is 0 Å². The molecule has 0 aliphatic carbocycles. The van der Waals surface area contributed by atoms with Gasteiger partial charge in [0.05, 0.1) is 4.92 Å². The molecule has 0 bridgehead atoms. The first-order valence-electron chi connectivity index (χ1n) is 6.43. The highest BCUT2D eigenvalue weighted by Gasteiger charge is 2.32. The van der Waals surface area contributed by atoms with Crippen LogP contribution >= 0.6 is 11.8 Å². The van der Waals surface area contributed by atoms with Crippen LogP contribution in [-0.2, 0) is 9.59 Å². The summed E-state index contributed by atoms with van der Waals surface area (Å²) in [6, 6.07) is 1.55. The van der Waals surface area contributed by atoms with Gasteiger partial charge in [0.2, 0.25) is 5.91 Å². The van der Waals surface area contributed by atoms with Crippen LogP contribution in [0.3, 0.4) is 0 Å². The molecule has 1 atom stereocenters. The van der Waals surface area contributed by atoms with E-state index in [1.54, 1.807) is 13.0 Å². The van der Waals surface area contributed by atoms with E-state index in [-0.39, 0.29) is 22.6 Å². The summed E-state index contributed by atoms with van der Waals surface area (Å²) in [5, 5.41) is 10.8. The van der Waals surface area contributed by atoms with E-state index >= 15 is 0 Å². The molecule has 1 unspecified atom stereocenters. The van der Waals surface area contributed by atoms with Gasteiger partial charge in [-0.2, -0.15) is 0 Å². The maximum Gasteiger partial charge on any atom is 0.290 e. The van der Waals surface area contributed by atoms with Crippen molar-refractivity contribution in [1.29, 1.82) is 0 Å². The number of nitro groups is 1. The van der Waals surface area contributed by atoms with Crippen molar-refractivity contribution in [3.63, 3.8) is 0 Å². The summed E-state index contributed by atoms with van der Waals surface area (Å²) in [7, 11) is 0. The molecule has 2 heterocycles. The Morgan fingerprint density at radius 1 is 1.62 bits per heavy atom. The Morgan fingerprint density at radius 2 is 2.33 bits per heavy atom. The van der Waals surface area contributed by atoms with E-state index in [2.05, 4.69) is 4.98 Å². The van der Waals surface area contributed by atoms with Crippen molar-refractivity contribution >= 4 is 34.3 Å². The Morgan fingerprint density at radius 3 is 2.90 bits per heavy atom. The van der Waals surface area contributed by atoms with Gasteiger partial charge in [-0.1, -0.05) is 11.8 Å². The molecule has 1 aromatic rings. The molecule has 1 saturated heterocycles. The van der Waals surface area contributed by atoms with E-state index in [4.69, 9.17) is 0 Å². The van der Waals surface area contributed by atoms with Crippen LogP contribution in [0.5, 0.6) is 0 Å². The van der Waals surface area contributed by atoms with E-state index in [1.165, 1.54) is 29.8 Å². The molecule has 21 heavy (non-hydrogen) atoms. The van der Waals surface area contributed by atoms with Crippen molar-refractivity contribution in [2.24, 2.45) is 5.92 Å². The highest BCUT2D eigenvalue weighted by Crippen LogP contribution is 2.28. The van der Waals surface area contributed by atoms with Crippen molar-refractivity contribution < 1.29 is 14.5 Å². The van der Waals surface area contributed by atoms with Crippen molar-refractivity contribution in [3.05, 3.63) is 27.9 Å². The summed E-state index contributed by atoms with van der Waals surface area (Å²) in [6.45, 7) is 3.61. The molecule has 0 aromatic carbocycles. The number of thioether (sulfide) groups is 1. The first-order chi connectivity index (χ1) is 9.88. The lowest BCUT2D eigenvalue weighted by Gasteiger charge is -2.15. The summed E-state index contributed by atoms with van der Waals surface area (Å²) in [5.41, 5.74) is 0.411. The summed E-state index contributed by atoms with van der Waals surface area (Å²) in [5.74, 6) is 1.07. The van der Waals surface area contributed by atoms with Crippen molar-refractivity contribution in [1.82, 2.24) is 4.98 Å². The molecule has 112 valence electrons. The minimum Gasteiger partial charge on any atom is -0.296 e. The fourth-order valence-corrected chi connectivity index (χ4v) is 2.92. The van der Waals surface area contributed by atoms with E-state index < -0.39 is 4.92 Å². The molecule has 1 amide bonds. The Bertz CT molecular complexity index is 605. The molecule has 0 spiro atoms. The molecule has 8 heteroatoms. The smallest absolute Gasteiger partial charge is 0.290 e. The third-order valence-electron chi connectivity index (χ3n) is 3.27. The van der Waals surface area contributed by atoms with Gasteiger partial charge in [-0.3, -0.25) is 24.6 Å². The lowest BCUT2D eigenvalue weighted by molar-refractivity contribution is -0.385. The predicted molar refractivity (Wildman–Crippen MR) is 79.2 cm³/mol. The maximum absolute atomic E-state index is 12.0. The fraction of sp³-hybridized carbons (Fsp3) is 0.462. The summed E-state index contributed by atoms with van der Waals surface area (Å²) >= 11 is 1.21. The molecule has 1 aliphatic heterocycles. The molecule has 0 radical (unpaired) electrons. The first-order valence-corrected chi connectivity index (χ1v) is 7.41. The SMILES string of the molecule is CC(=O)SCC1CC(=O)N(c2cc(C)c([N+](=O)[O-])cn2)C1. The topological polar surface area (TPSA) is 93.4 Å². The van der Waals surface area contributed by atoms with Crippen molar-refractivity contribution in [2.75, 3.05) is 17.2 Å². The third-order valence-corrected chi connectivity index (χ3v) is 4.31. The molecular weight excluding hydrogens is 294 g/mol. The van der Waals surface area contributed by atoms with Gasteiger partial charge in [0.25, 0.3) is 5.69 Å². The normalized spacial score (nSPS) is 18.1. The lowest BCUT2D eigenvalue weighted by Crippen LogP contribution is -2.25. The monoisotopic (exact) mass is 309 g/mol. The molecule has 0 saturated carbocycles.